The summed E-state index contributed by atoms with van der Waals surface area (Å²) in [5, 5.41) is 24.6. The van der Waals surface area contributed by atoms with Gasteiger partial charge in [-0.3, -0.25) is 24.5 Å². The largest absolute Gasteiger partial charge is 0.410 e. The Balaban J connectivity index is 2.90. The molecule has 0 aliphatic carbocycles. The number of nitro groups is 1. The van der Waals surface area contributed by atoms with Crippen LogP contribution in [-0.2, 0) is 9.59 Å². The number of nitro benzene ring substituents is 1. The Morgan fingerprint density at radius 1 is 1.24 bits per heavy atom. The number of anilines is 1. The van der Waals surface area contributed by atoms with Crippen LogP contribution in [0.3, 0.4) is 0 Å². The maximum absolute atomic E-state index is 12.2. The van der Waals surface area contributed by atoms with Gasteiger partial charge in [-0.1, -0.05) is 5.16 Å². The molecular weight excluding hydrogens is 282 g/mol. The second-order valence-corrected chi connectivity index (χ2v) is 4.41. The van der Waals surface area contributed by atoms with Crippen LogP contribution in [0.4, 0.5) is 11.4 Å². The van der Waals surface area contributed by atoms with Crippen molar-refractivity contribution in [2.45, 2.75) is 13.8 Å². The van der Waals surface area contributed by atoms with Crippen LogP contribution < -0.4 is 5.32 Å². The molecule has 0 atom stereocenters. The average molecular weight is 291 g/mol. The van der Waals surface area contributed by atoms with Gasteiger partial charge in [0, 0.05) is 5.56 Å². The number of fused-ring (bicyclic) bond motifs is 1. The topological polar surface area (TPSA) is 139 Å². The summed E-state index contributed by atoms with van der Waals surface area (Å²) in [4.78, 5) is 45.8. The fourth-order valence-corrected chi connectivity index (χ4v) is 2.05. The van der Waals surface area contributed by atoms with Crippen molar-refractivity contribution >= 4 is 34.6 Å². The first kappa shape index (κ1) is 14.3. The molecule has 1 aliphatic rings. The predicted molar refractivity (Wildman–Crippen MR) is 69.8 cm³/mol. The maximum atomic E-state index is 12.2. The molecule has 9 heteroatoms. The molecule has 1 amide bonds. The molecule has 21 heavy (non-hydrogen) atoms. The highest BCUT2D eigenvalue weighted by Crippen LogP contribution is 2.34. The van der Waals surface area contributed by atoms with E-state index in [1.54, 1.807) is 6.92 Å². The number of benzene rings is 1. The molecule has 1 aromatic carbocycles. The third-order valence-corrected chi connectivity index (χ3v) is 3.21. The Morgan fingerprint density at radius 3 is 2.38 bits per heavy atom. The zero-order valence-electron chi connectivity index (χ0n) is 11.0. The van der Waals surface area contributed by atoms with E-state index in [1.165, 1.54) is 13.0 Å². The number of aryl methyl sites for hydroxylation is 1. The van der Waals surface area contributed by atoms with Gasteiger partial charge in [-0.15, -0.1) is 0 Å². The number of hydrogen-bond acceptors (Lipinski definition) is 7. The lowest BCUT2D eigenvalue weighted by Gasteiger charge is -2.10. The van der Waals surface area contributed by atoms with Crippen LogP contribution in [0.2, 0.25) is 0 Å². The second-order valence-electron chi connectivity index (χ2n) is 4.41. The number of carbonyl (C=O) groups excluding carboxylic acids is 3. The highest BCUT2D eigenvalue weighted by molar-refractivity contribution is 6.83. The van der Waals surface area contributed by atoms with E-state index in [0.29, 0.717) is 5.56 Å². The van der Waals surface area contributed by atoms with E-state index in [4.69, 9.17) is 5.21 Å². The summed E-state index contributed by atoms with van der Waals surface area (Å²) < 4.78 is 0. The van der Waals surface area contributed by atoms with Crippen molar-refractivity contribution in [1.29, 1.82) is 0 Å². The summed E-state index contributed by atoms with van der Waals surface area (Å²) in [5.41, 5.74) is -1.55. The Hall–Kier alpha value is -3.10. The predicted octanol–water partition coefficient (Wildman–Crippen LogP) is 0.746. The standard InChI is InChI=1S/C12H9N3O6/c1-4-3-6-7(9(5(4)2)15(20)21)10(16)8(14-19)11(17)12(18)13-6/h3,19H,1-2H3,(H,13,18). The van der Waals surface area contributed by atoms with Crippen molar-refractivity contribution in [3.05, 3.63) is 32.9 Å². The molecule has 9 nitrogen and oxygen atoms in total. The molecule has 0 spiro atoms. The number of oxime groups is 1. The highest BCUT2D eigenvalue weighted by Gasteiger charge is 2.39. The van der Waals surface area contributed by atoms with E-state index in [2.05, 4.69) is 10.5 Å². The van der Waals surface area contributed by atoms with Gasteiger partial charge in [0.25, 0.3) is 17.4 Å². The molecule has 2 N–H and O–H groups in total. The van der Waals surface area contributed by atoms with Crippen molar-refractivity contribution in [2.24, 2.45) is 5.16 Å². The molecule has 0 saturated carbocycles. The molecule has 2 rings (SSSR count). The van der Waals surface area contributed by atoms with Gasteiger partial charge in [0.1, 0.15) is 5.56 Å². The molecule has 1 heterocycles. The second kappa shape index (κ2) is 4.78. The molecule has 0 unspecified atom stereocenters. The summed E-state index contributed by atoms with van der Waals surface area (Å²) in [6, 6.07) is 1.35. The number of Topliss-reactive ketones (excluding diaryl/α,β-unsaturated/α-hetero) is 2. The maximum Gasteiger partial charge on any atom is 0.298 e. The first-order valence-electron chi connectivity index (χ1n) is 5.70. The summed E-state index contributed by atoms with van der Waals surface area (Å²) >= 11 is 0. The number of hydrogen-bond donors (Lipinski definition) is 2. The Morgan fingerprint density at radius 2 is 1.86 bits per heavy atom. The molecule has 0 fully saturated rings. The van der Waals surface area contributed by atoms with Gasteiger partial charge in [-0.2, -0.15) is 0 Å². The van der Waals surface area contributed by atoms with Crippen LogP contribution in [-0.4, -0.2) is 33.3 Å². The number of amides is 1. The van der Waals surface area contributed by atoms with Gasteiger partial charge in [0.15, 0.2) is 0 Å². The van der Waals surface area contributed by atoms with Crippen LogP contribution >= 0.6 is 0 Å². The lowest BCUT2D eigenvalue weighted by atomic mass is 9.96. The third kappa shape index (κ3) is 2.04. The lowest BCUT2D eigenvalue weighted by molar-refractivity contribution is -0.385. The van der Waals surface area contributed by atoms with Crippen molar-refractivity contribution < 1.29 is 24.5 Å². The number of ketones is 2. The first-order chi connectivity index (χ1) is 9.79. The van der Waals surface area contributed by atoms with E-state index in [1.807, 2.05) is 0 Å². The van der Waals surface area contributed by atoms with Crippen LogP contribution in [0.25, 0.3) is 0 Å². The van der Waals surface area contributed by atoms with Crippen LogP contribution in [0.1, 0.15) is 21.5 Å². The molecule has 0 bridgehead atoms. The quantitative estimate of drug-likeness (QED) is 0.338. The van der Waals surface area contributed by atoms with Crippen LogP contribution in [0.15, 0.2) is 11.2 Å². The number of nitrogens with one attached hydrogen (secondary N) is 1. The number of carbonyl (C=O) groups is 3. The van der Waals surface area contributed by atoms with E-state index < -0.39 is 39.4 Å². The summed E-state index contributed by atoms with van der Waals surface area (Å²) in [6.45, 7) is 3.00. The Bertz CT molecular complexity index is 750. The van der Waals surface area contributed by atoms with E-state index in [9.17, 15) is 24.5 Å². The minimum absolute atomic E-state index is 0.160. The zero-order chi connectivity index (χ0) is 15.9. The van der Waals surface area contributed by atoms with E-state index in [0.717, 1.165) is 0 Å². The molecule has 1 aromatic rings. The third-order valence-electron chi connectivity index (χ3n) is 3.21. The van der Waals surface area contributed by atoms with Crippen LogP contribution in [0.5, 0.6) is 0 Å². The van der Waals surface area contributed by atoms with Crippen LogP contribution in [0, 0.1) is 24.0 Å². The SMILES string of the molecule is Cc1cc2c(c([N+](=O)[O-])c1C)C(=O)C(=NO)C(=O)C(=O)N2. The number of nitrogens with zero attached hydrogens (tertiary/aromatic N) is 2. The molecule has 0 saturated heterocycles. The smallest absolute Gasteiger partial charge is 0.298 e. The van der Waals surface area contributed by atoms with Gasteiger partial charge >= 0.3 is 0 Å². The Labute approximate surface area is 117 Å². The molecule has 108 valence electrons. The Kier molecular flexibility index (Phi) is 3.26. The van der Waals surface area contributed by atoms with Crippen molar-refractivity contribution in [1.82, 2.24) is 0 Å². The lowest BCUT2D eigenvalue weighted by Crippen LogP contribution is -2.31. The monoisotopic (exact) mass is 291 g/mol. The molecule has 0 aromatic heterocycles. The van der Waals surface area contributed by atoms with E-state index >= 15 is 0 Å². The average Bonchev–Trinajstić information content (AvgIpc) is 2.49. The normalized spacial score (nSPS) is 16.5. The summed E-state index contributed by atoms with van der Waals surface area (Å²) in [5.74, 6) is -3.73. The highest BCUT2D eigenvalue weighted by atomic mass is 16.6. The number of rotatable bonds is 1. The molecular formula is C12H9N3O6. The summed E-state index contributed by atoms with van der Waals surface area (Å²) in [7, 11) is 0. The summed E-state index contributed by atoms with van der Waals surface area (Å²) in [6.07, 6.45) is 0. The van der Waals surface area contributed by atoms with Gasteiger partial charge in [0.05, 0.1) is 10.6 Å². The first-order valence-corrected chi connectivity index (χ1v) is 5.70. The van der Waals surface area contributed by atoms with Gasteiger partial charge in [-0.25, -0.2) is 0 Å². The van der Waals surface area contributed by atoms with Gasteiger partial charge < -0.3 is 10.5 Å². The zero-order valence-corrected chi connectivity index (χ0v) is 11.0. The molecule has 1 aliphatic heterocycles. The van der Waals surface area contributed by atoms with Crippen molar-refractivity contribution in [2.75, 3.05) is 5.32 Å². The minimum Gasteiger partial charge on any atom is -0.410 e. The minimum atomic E-state index is -1.36. The molecule has 0 radical (unpaired) electrons. The van der Waals surface area contributed by atoms with Crippen molar-refractivity contribution in [3.63, 3.8) is 0 Å². The van der Waals surface area contributed by atoms with E-state index in [-0.39, 0.29) is 11.3 Å². The van der Waals surface area contributed by atoms with Gasteiger partial charge in [-0.05, 0) is 25.5 Å². The fraction of sp³-hybridized carbons (Fsp3) is 0.167. The van der Waals surface area contributed by atoms with Crippen molar-refractivity contribution in [3.8, 4) is 0 Å². The van der Waals surface area contributed by atoms with Gasteiger partial charge in [0.2, 0.25) is 11.5 Å². The fourth-order valence-electron chi connectivity index (χ4n) is 2.05.